The molecule has 30 heavy (non-hydrogen) atoms. The van der Waals surface area contributed by atoms with Crippen LogP contribution in [0.4, 0.5) is 10.1 Å². The molecule has 0 spiro atoms. The molecular formula is C21H16Cl2FNO3S2. The van der Waals surface area contributed by atoms with Gasteiger partial charge in [0.05, 0.1) is 27.2 Å². The normalized spacial score (nSPS) is 15.1. The van der Waals surface area contributed by atoms with Crippen LogP contribution in [0, 0.1) is 5.82 Å². The number of rotatable bonds is 7. The minimum atomic E-state index is -0.571. The van der Waals surface area contributed by atoms with Gasteiger partial charge in [0.15, 0.2) is 15.8 Å². The average Bonchev–Trinajstić information content (AvgIpc) is 2.97. The van der Waals surface area contributed by atoms with E-state index in [0.717, 1.165) is 11.8 Å². The van der Waals surface area contributed by atoms with Gasteiger partial charge in [-0.05, 0) is 48.9 Å². The number of anilines is 1. The van der Waals surface area contributed by atoms with Gasteiger partial charge < -0.3 is 9.47 Å². The fourth-order valence-electron chi connectivity index (χ4n) is 2.68. The molecule has 156 valence electrons. The van der Waals surface area contributed by atoms with Crippen molar-refractivity contribution in [3.63, 3.8) is 0 Å². The Balaban J connectivity index is 1.94. The first kappa shape index (κ1) is 22.6. The smallest absolute Gasteiger partial charge is 0.270 e. The molecule has 2 aromatic carbocycles. The Morgan fingerprint density at radius 3 is 2.67 bits per heavy atom. The highest BCUT2D eigenvalue weighted by atomic mass is 35.5. The van der Waals surface area contributed by atoms with E-state index in [4.69, 9.17) is 44.9 Å². The van der Waals surface area contributed by atoms with E-state index in [0.29, 0.717) is 43.6 Å². The minimum absolute atomic E-state index is 0.0891. The highest BCUT2D eigenvalue weighted by molar-refractivity contribution is 8.27. The molecule has 0 aliphatic carbocycles. The zero-order valence-corrected chi connectivity index (χ0v) is 18.9. The number of halogens is 3. The Morgan fingerprint density at radius 1 is 1.23 bits per heavy atom. The number of thioether (sulfide) groups is 1. The number of ether oxygens (including phenoxy) is 2. The fourth-order valence-corrected chi connectivity index (χ4v) is 4.43. The largest absolute Gasteiger partial charge is 0.490 e. The number of carbonyl (C=O) groups excluding carboxylic acids is 1. The van der Waals surface area contributed by atoms with Crippen LogP contribution in [0.1, 0.15) is 12.5 Å². The Labute approximate surface area is 193 Å². The van der Waals surface area contributed by atoms with Crippen molar-refractivity contribution in [2.45, 2.75) is 6.92 Å². The first-order valence-corrected chi connectivity index (χ1v) is 10.8. The van der Waals surface area contributed by atoms with E-state index >= 15 is 0 Å². The summed E-state index contributed by atoms with van der Waals surface area (Å²) in [5.74, 6) is -0.0463. The van der Waals surface area contributed by atoms with E-state index in [9.17, 15) is 9.18 Å². The third-order valence-electron chi connectivity index (χ3n) is 3.93. The maximum Gasteiger partial charge on any atom is 0.270 e. The third-order valence-corrected chi connectivity index (χ3v) is 5.80. The van der Waals surface area contributed by atoms with Crippen LogP contribution in [0.25, 0.3) is 6.08 Å². The van der Waals surface area contributed by atoms with Gasteiger partial charge in [-0.15, -0.1) is 0 Å². The zero-order chi connectivity index (χ0) is 21.8. The Bertz CT molecular complexity index is 1060. The van der Waals surface area contributed by atoms with Crippen LogP contribution in [0.3, 0.4) is 0 Å². The molecule has 3 rings (SSSR count). The average molecular weight is 484 g/mol. The van der Waals surface area contributed by atoms with Crippen molar-refractivity contribution >= 4 is 69.2 Å². The van der Waals surface area contributed by atoms with Crippen LogP contribution < -0.4 is 14.4 Å². The van der Waals surface area contributed by atoms with Crippen molar-refractivity contribution in [3.8, 4) is 11.5 Å². The molecule has 1 fully saturated rings. The van der Waals surface area contributed by atoms with E-state index in [-0.39, 0.29) is 17.5 Å². The highest BCUT2D eigenvalue weighted by Gasteiger charge is 2.33. The number of amides is 1. The second-order valence-corrected chi connectivity index (χ2v) is 8.47. The van der Waals surface area contributed by atoms with E-state index < -0.39 is 5.82 Å². The van der Waals surface area contributed by atoms with Gasteiger partial charge in [0.1, 0.15) is 12.4 Å². The van der Waals surface area contributed by atoms with Gasteiger partial charge in [0.2, 0.25) is 0 Å². The maximum absolute atomic E-state index is 13.5. The SMILES string of the molecule is C=CCOc1c(Cl)cc(C=C2SC(=S)N(c3ccc(F)c(Cl)c3)C2=O)cc1OCC. The lowest BCUT2D eigenvalue weighted by atomic mass is 10.1. The standard InChI is InChI=1S/C21H16Cl2FNO3S2/c1-3-7-28-19-15(23)8-12(9-17(19)27-4-2)10-18-20(26)25(21(29)30-18)13-5-6-16(24)14(22)11-13/h3,5-6,8-11H,1,4,7H2,2H3. The monoisotopic (exact) mass is 483 g/mol. The predicted octanol–water partition coefficient (Wildman–Crippen LogP) is 6.50. The van der Waals surface area contributed by atoms with Gasteiger partial charge in [0, 0.05) is 0 Å². The van der Waals surface area contributed by atoms with Gasteiger partial charge in [-0.1, -0.05) is 59.8 Å². The predicted molar refractivity (Wildman–Crippen MR) is 125 cm³/mol. The molecule has 0 aromatic heterocycles. The Morgan fingerprint density at radius 2 is 2.00 bits per heavy atom. The van der Waals surface area contributed by atoms with E-state index in [1.807, 2.05) is 6.92 Å². The Kier molecular flexibility index (Phi) is 7.41. The quantitative estimate of drug-likeness (QED) is 0.255. The molecule has 1 saturated heterocycles. The summed E-state index contributed by atoms with van der Waals surface area (Å²) in [4.78, 5) is 14.6. The van der Waals surface area contributed by atoms with E-state index in [1.165, 1.54) is 23.1 Å². The first-order chi connectivity index (χ1) is 14.3. The van der Waals surface area contributed by atoms with Gasteiger partial charge in [-0.25, -0.2) is 4.39 Å². The van der Waals surface area contributed by atoms with Crippen molar-refractivity contribution in [3.05, 3.63) is 69.3 Å². The zero-order valence-electron chi connectivity index (χ0n) is 15.8. The molecular weight excluding hydrogens is 468 g/mol. The van der Waals surface area contributed by atoms with Crippen molar-refractivity contribution in [1.29, 1.82) is 0 Å². The van der Waals surface area contributed by atoms with Crippen molar-refractivity contribution in [2.75, 3.05) is 18.1 Å². The van der Waals surface area contributed by atoms with Gasteiger partial charge in [0.25, 0.3) is 5.91 Å². The van der Waals surface area contributed by atoms with E-state index in [2.05, 4.69) is 6.58 Å². The molecule has 1 heterocycles. The van der Waals surface area contributed by atoms with E-state index in [1.54, 1.807) is 24.3 Å². The minimum Gasteiger partial charge on any atom is -0.490 e. The van der Waals surface area contributed by atoms with Crippen LogP contribution in [0.2, 0.25) is 10.0 Å². The summed E-state index contributed by atoms with van der Waals surface area (Å²) in [7, 11) is 0. The molecule has 1 amide bonds. The first-order valence-electron chi connectivity index (χ1n) is 8.78. The number of carbonyl (C=O) groups is 1. The van der Waals surface area contributed by atoms with Crippen molar-refractivity contribution in [1.82, 2.24) is 0 Å². The molecule has 0 bridgehead atoms. The number of nitrogens with zero attached hydrogens (tertiary/aromatic N) is 1. The molecule has 2 aromatic rings. The van der Waals surface area contributed by atoms with Crippen LogP contribution in [-0.4, -0.2) is 23.4 Å². The van der Waals surface area contributed by atoms with Crippen LogP contribution in [-0.2, 0) is 4.79 Å². The summed E-state index contributed by atoms with van der Waals surface area (Å²) >= 11 is 18.7. The number of hydrogen-bond acceptors (Lipinski definition) is 5. The molecule has 1 aliphatic heterocycles. The summed E-state index contributed by atoms with van der Waals surface area (Å²) in [5, 5.41) is 0.253. The highest BCUT2D eigenvalue weighted by Crippen LogP contribution is 2.40. The van der Waals surface area contributed by atoms with Gasteiger partial charge in [-0.3, -0.25) is 9.69 Å². The van der Waals surface area contributed by atoms with Crippen molar-refractivity contribution in [2.24, 2.45) is 0 Å². The molecule has 1 aliphatic rings. The molecule has 0 atom stereocenters. The van der Waals surface area contributed by atoms with Crippen LogP contribution in [0.15, 0.2) is 47.9 Å². The summed E-state index contributed by atoms with van der Waals surface area (Å²) in [6.45, 7) is 6.15. The Hall–Kier alpha value is -2.06. The fraction of sp³-hybridized carbons (Fsp3) is 0.143. The molecule has 0 saturated carbocycles. The van der Waals surface area contributed by atoms with Crippen LogP contribution >= 0.6 is 47.2 Å². The lowest BCUT2D eigenvalue weighted by Crippen LogP contribution is -2.27. The third kappa shape index (κ3) is 4.81. The maximum atomic E-state index is 13.5. The summed E-state index contributed by atoms with van der Waals surface area (Å²) in [5.41, 5.74) is 1.04. The lowest BCUT2D eigenvalue weighted by molar-refractivity contribution is -0.113. The molecule has 0 unspecified atom stereocenters. The van der Waals surface area contributed by atoms with Gasteiger partial charge >= 0.3 is 0 Å². The number of hydrogen-bond donors (Lipinski definition) is 0. The molecule has 4 nitrogen and oxygen atoms in total. The number of benzene rings is 2. The lowest BCUT2D eigenvalue weighted by Gasteiger charge is -2.15. The molecule has 9 heteroatoms. The second-order valence-electron chi connectivity index (χ2n) is 5.98. The summed E-state index contributed by atoms with van der Waals surface area (Å²) in [6, 6.07) is 7.40. The topological polar surface area (TPSA) is 38.8 Å². The summed E-state index contributed by atoms with van der Waals surface area (Å²) < 4.78 is 25.0. The second kappa shape index (κ2) is 9.83. The summed E-state index contributed by atoms with van der Waals surface area (Å²) in [6.07, 6.45) is 3.27. The van der Waals surface area contributed by atoms with Crippen LogP contribution in [0.5, 0.6) is 11.5 Å². The molecule has 0 radical (unpaired) electrons. The molecule has 0 N–H and O–H groups in total. The number of thiocarbonyl (C=S) groups is 1. The van der Waals surface area contributed by atoms with Crippen molar-refractivity contribution < 1.29 is 18.7 Å². The van der Waals surface area contributed by atoms with Gasteiger partial charge in [-0.2, -0.15) is 0 Å².